The summed E-state index contributed by atoms with van der Waals surface area (Å²) in [7, 11) is 4.62. The van der Waals surface area contributed by atoms with Crippen molar-refractivity contribution in [2.75, 3.05) is 70.5 Å². The lowest BCUT2D eigenvalue weighted by Gasteiger charge is -2.35. The van der Waals surface area contributed by atoms with Gasteiger partial charge >= 0.3 is 18.1 Å². The number of nitrogens with one attached hydrogen (secondary N) is 1. The first-order valence-corrected chi connectivity index (χ1v) is 26.1. The van der Waals surface area contributed by atoms with Gasteiger partial charge in [-0.3, -0.25) is 9.69 Å². The van der Waals surface area contributed by atoms with Crippen LogP contribution in [0.1, 0.15) is 95.2 Å². The smallest absolute Gasteiger partial charge is 0.407 e. The van der Waals surface area contributed by atoms with E-state index in [-0.39, 0.29) is 47.0 Å². The summed E-state index contributed by atoms with van der Waals surface area (Å²) < 4.78 is 61.1. The highest BCUT2D eigenvalue weighted by molar-refractivity contribution is 6.35. The van der Waals surface area contributed by atoms with E-state index in [9.17, 15) is 14.0 Å². The molecule has 4 heterocycles. The van der Waals surface area contributed by atoms with E-state index < -0.39 is 29.2 Å². The molecule has 0 saturated carbocycles. The van der Waals surface area contributed by atoms with Crippen LogP contribution in [0.3, 0.4) is 0 Å². The number of anilines is 2. The van der Waals surface area contributed by atoms with Gasteiger partial charge in [-0.1, -0.05) is 47.5 Å². The molecule has 1 unspecified atom stereocenters. The maximum Gasteiger partial charge on any atom is 0.407 e. The molecule has 17 heteroatoms. The number of rotatable bonds is 20. The van der Waals surface area contributed by atoms with Crippen molar-refractivity contribution in [3.8, 4) is 28.6 Å². The summed E-state index contributed by atoms with van der Waals surface area (Å²) in [6, 6.07) is 21.3. The Kier molecular flexibility index (Phi) is 17.4. The molecular formula is C56H68Cl2F2N6O7. The molecule has 1 amide bonds. The first kappa shape index (κ1) is 53.6. The van der Waals surface area contributed by atoms with Crippen LogP contribution < -0.4 is 29.3 Å². The molecule has 3 saturated heterocycles. The van der Waals surface area contributed by atoms with Crippen LogP contribution >= 0.6 is 23.2 Å². The Bertz CT molecular complexity index is 2680. The third-order valence-corrected chi connectivity index (χ3v) is 14.9. The van der Waals surface area contributed by atoms with Crippen molar-refractivity contribution in [1.29, 1.82) is 0 Å². The zero-order valence-electron chi connectivity index (χ0n) is 42.8. The Morgan fingerprint density at radius 1 is 0.890 bits per heavy atom. The molecule has 0 spiro atoms. The number of benzene rings is 4. The minimum atomic E-state index is -0.963. The second kappa shape index (κ2) is 23.7. The fraction of sp³-hybridized carbons (Fsp3) is 0.500. The monoisotopic (exact) mass is 1040 g/mol. The highest BCUT2D eigenvalue weighted by Crippen LogP contribution is 2.45. The fourth-order valence-corrected chi connectivity index (χ4v) is 11.2. The van der Waals surface area contributed by atoms with Crippen molar-refractivity contribution < 1.29 is 42.1 Å². The zero-order chi connectivity index (χ0) is 51.9. The second-order valence-corrected chi connectivity index (χ2v) is 21.4. The molecule has 1 aromatic heterocycles. The Hall–Kier alpha value is -5.64. The number of alkyl halides is 1. The Labute approximate surface area is 437 Å². The van der Waals surface area contributed by atoms with Gasteiger partial charge in [-0.15, -0.1) is 0 Å². The quantitative estimate of drug-likeness (QED) is 0.0589. The molecule has 3 aliphatic rings. The van der Waals surface area contributed by atoms with E-state index in [1.807, 2.05) is 81.4 Å². The number of halogens is 4. The van der Waals surface area contributed by atoms with Crippen LogP contribution in [0.25, 0.3) is 22.0 Å². The van der Waals surface area contributed by atoms with Gasteiger partial charge in [-0.25, -0.2) is 13.6 Å². The Balaban J connectivity index is 1.22. The standard InChI is InChI=1S/C56H68Cl2F2N6O7/c1-55(2,3)73-54(68)61-24-22-36-11-9-25-64(31-36)52-45-29-47(58)49(50(60)51(45)62-53(63-52)72-35-56-23-10-26-66(56)34-39(59)30-56)44-27-40(28-46(57)43(44)12-7-8-13-48(67)71-6)65(32-37-14-18-41(69-4)19-15-37)33-38-16-20-42(70-5)21-17-38/h14-21,27-29,36,39H,7-13,22-26,30-35H2,1-6H3,(H,61,68)/t36?,39-,56+/m1/s1. The predicted octanol–water partition coefficient (Wildman–Crippen LogP) is 11.9. The number of nitrogens with zero attached hydrogens (tertiary/aromatic N) is 5. The molecule has 3 aliphatic heterocycles. The molecule has 73 heavy (non-hydrogen) atoms. The lowest BCUT2D eigenvalue weighted by atomic mass is 9.92. The normalized spacial score (nSPS) is 18.9. The molecule has 3 atom stereocenters. The number of fused-ring (bicyclic) bond motifs is 2. The fourth-order valence-electron chi connectivity index (χ4n) is 10.6. The van der Waals surface area contributed by atoms with Gasteiger partial charge in [0.15, 0.2) is 5.82 Å². The molecule has 3 fully saturated rings. The van der Waals surface area contributed by atoms with Gasteiger partial charge < -0.3 is 38.8 Å². The number of piperidine rings is 1. The first-order valence-electron chi connectivity index (χ1n) is 25.4. The SMILES string of the molecule is COC(=O)CCCCc1c(Cl)cc(N(Cc2ccc(OC)cc2)Cc2ccc(OC)cc2)cc1-c1c(Cl)cc2c(N3CCCC(CCNC(=O)OC(C)(C)C)C3)nc(OC[C@@]34CCCN3C[C@H](F)C4)nc2c1F. The number of carbonyl (C=O) groups excluding carboxylic acids is 2. The lowest BCUT2D eigenvalue weighted by Crippen LogP contribution is -2.43. The van der Waals surface area contributed by atoms with Crippen molar-refractivity contribution in [1.82, 2.24) is 20.2 Å². The van der Waals surface area contributed by atoms with E-state index in [4.69, 9.17) is 56.9 Å². The topological polar surface area (TPSA) is 128 Å². The van der Waals surface area contributed by atoms with Gasteiger partial charge in [-0.05, 0) is 149 Å². The average Bonchev–Trinajstić information content (AvgIpc) is 3.90. The van der Waals surface area contributed by atoms with Crippen LogP contribution in [-0.4, -0.2) is 105 Å². The van der Waals surface area contributed by atoms with Crippen LogP contribution in [0.4, 0.5) is 25.1 Å². The Morgan fingerprint density at radius 3 is 2.25 bits per heavy atom. The van der Waals surface area contributed by atoms with Crippen LogP contribution in [0.15, 0.2) is 66.7 Å². The van der Waals surface area contributed by atoms with E-state index in [0.29, 0.717) is 98.7 Å². The summed E-state index contributed by atoms with van der Waals surface area (Å²) in [4.78, 5) is 41.0. The maximum absolute atomic E-state index is 18.3. The van der Waals surface area contributed by atoms with Crippen LogP contribution in [0.5, 0.6) is 17.5 Å². The number of ether oxygens (including phenoxy) is 5. The number of hydrogen-bond donors (Lipinski definition) is 1. The largest absolute Gasteiger partial charge is 0.497 e. The summed E-state index contributed by atoms with van der Waals surface area (Å²) in [5, 5.41) is 3.85. The summed E-state index contributed by atoms with van der Waals surface area (Å²) >= 11 is 14.8. The van der Waals surface area contributed by atoms with Crippen LogP contribution in [0, 0.1) is 11.7 Å². The third-order valence-electron chi connectivity index (χ3n) is 14.3. The van der Waals surface area contributed by atoms with E-state index in [2.05, 4.69) is 20.0 Å². The molecule has 0 bridgehead atoms. The summed E-state index contributed by atoms with van der Waals surface area (Å²) in [6.07, 6.45) is 4.77. The number of amides is 1. The van der Waals surface area contributed by atoms with Gasteiger partial charge in [0.1, 0.15) is 41.2 Å². The molecule has 8 rings (SSSR count). The van der Waals surface area contributed by atoms with Gasteiger partial charge in [0.25, 0.3) is 0 Å². The number of carbonyl (C=O) groups is 2. The number of methoxy groups -OCH3 is 3. The van der Waals surface area contributed by atoms with Gasteiger partial charge in [0.05, 0.1) is 31.9 Å². The maximum atomic E-state index is 18.3. The zero-order valence-corrected chi connectivity index (χ0v) is 44.4. The lowest BCUT2D eigenvalue weighted by molar-refractivity contribution is -0.140. The number of aromatic nitrogens is 2. The second-order valence-electron chi connectivity index (χ2n) is 20.6. The van der Waals surface area contributed by atoms with Gasteiger partial charge in [0.2, 0.25) is 0 Å². The molecule has 392 valence electrons. The van der Waals surface area contributed by atoms with E-state index in [1.165, 1.54) is 7.11 Å². The molecule has 13 nitrogen and oxygen atoms in total. The molecule has 1 N–H and O–H groups in total. The molecule has 0 radical (unpaired) electrons. The van der Waals surface area contributed by atoms with Gasteiger partial charge in [-0.2, -0.15) is 9.97 Å². The number of hydrogen-bond acceptors (Lipinski definition) is 12. The van der Waals surface area contributed by atoms with Crippen molar-refractivity contribution in [2.24, 2.45) is 5.92 Å². The van der Waals surface area contributed by atoms with E-state index in [1.54, 1.807) is 20.3 Å². The van der Waals surface area contributed by atoms with Crippen LogP contribution in [0.2, 0.25) is 10.0 Å². The highest BCUT2D eigenvalue weighted by atomic mass is 35.5. The number of alkyl carbamates (subject to hydrolysis) is 1. The summed E-state index contributed by atoms with van der Waals surface area (Å²) in [5.74, 6) is 1.13. The summed E-state index contributed by atoms with van der Waals surface area (Å²) in [6.45, 7) is 9.34. The molecule has 5 aromatic rings. The van der Waals surface area contributed by atoms with E-state index >= 15 is 4.39 Å². The molecular weight excluding hydrogens is 978 g/mol. The average molecular weight is 1050 g/mol. The highest BCUT2D eigenvalue weighted by Gasteiger charge is 2.49. The van der Waals surface area contributed by atoms with Crippen molar-refractivity contribution in [3.05, 3.63) is 99.3 Å². The first-order chi connectivity index (χ1) is 35.0. The van der Waals surface area contributed by atoms with E-state index in [0.717, 1.165) is 60.5 Å². The number of unbranched alkanes of at least 4 members (excludes halogenated alkanes) is 1. The van der Waals surface area contributed by atoms with Crippen molar-refractivity contribution in [2.45, 2.75) is 115 Å². The minimum Gasteiger partial charge on any atom is -0.497 e. The summed E-state index contributed by atoms with van der Waals surface area (Å²) in [5.41, 5.74) is 2.90. The molecule has 4 aromatic carbocycles. The molecule has 0 aliphatic carbocycles. The van der Waals surface area contributed by atoms with Gasteiger partial charge in [0, 0.05) is 73.8 Å². The van der Waals surface area contributed by atoms with Crippen LogP contribution in [-0.2, 0) is 33.8 Å². The Morgan fingerprint density at radius 2 is 1.59 bits per heavy atom. The van der Waals surface area contributed by atoms with Crippen molar-refractivity contribution >= 4 is 57.7 Å². The predicted molar refractivity (Wildman–Crippen MR) is 283 cm³/mol. The number of esters is 1. The minimum absolute atomic E-state index is 0.00750. The van der Waals surface area contributed by atoms with Crippen molar-refractivity contribution in [3.63, 3.8) is 0 Å². The third kappa shape index (κ3) is 13.2.